The van der Waals surface area contributed by atoms with Crippen LogP contribution in [0.15, 0.2) is 30.7 Å². The lowest BCUT2D eigenvalue weighted by molar-refractivity contribution is 0.0751. The maximum atomic E-state index is 12.3. The molecule has 0 aliphatic carbocycles. The molecule has 1 aliphatic heterocycles. The highest BCUT2D eigenvalue weighted by molar-refractivity contribution is 7.13. The van der Waals surface area contributed by atoms with Crippen molar-refractivity contribution in [2.45, 2.75) is 6.92 Å². The molecule has 3 rings (SSSR count). The molecule has 0 aromatic carbocycles. The van der Waals surface area contributed by atoms with Crippen LogP contribution in [-0.4, -0.2) is 47.0 Å². The maximum Gasteiger partial charge on any atom is 0.264 e. The van der Waals surface area contributed by atoms with Crippen LogP contribution in [0.4, 0.5) is 5.82 Å². The molecule has 0 radical (unpaired) electrons. The molecule has 0 unspecified atom stereocenters. The Hall–Kier alpha value is -1.95. The first-order valence-corrected chi connectivity index (χ1v) is 7.42. The Bertz CT molecular complexity index is 590. The zero-order chi connectivity index (χ0) is 13.9. The number of piperazine rings is 1. The lowest BCUT2D eigenvalue weighted by Gasteiger charge is -2.35. The van der Waals surface area contributed by atoms with Crippen molar-refractivity contribution >= 4 is 23.1 Å². The SMILES string of the molecule is Cc1ccc(C(=O)N2CCN(c3cnccn3)CC2)s1. The van der Waals surface area contributed by atoms with Crippen LogP contribution in [0.3, 0.4) is 0 Å². The number of rotatable bonds is 2. The molecule has 1 saturated heterocycles. The summed E-state index contributed by atoms with van der Waals surface area (Å²) >= 11 is 1.56. The van der Waals surface area contributed by atoms with Crippen LogP contribution in [-0.2, 0) is 0 Å². The van der Waals surface area contributed by atoms with E-state index in [-0.39, 0.29) is 5.91 Å². The number of amides is 1. The summed E-state index contributed by atoms with van der Waals surface area (Å²) in [6.07, 6.45) is 5.13. The smallest absolute Gasteiger partial charge is 0.264 e. The lowest BCUT2D eigenvalue weighted by Crippen LogP contribution is -2.48. The van der Waals surface area contributed by atoms with E-state index in [0.717, 1.165) is 36.9 Å². The van der Waals surface area contributed by atoms with E-state index in [1.165, 1.54) is 4.88 Å². The van der Waals surface area contributed by atoms with Crippen LogP contribution in [0.2, 0.25) is 0 Å². The fourth-order valence-electron chi connectivity index (χ4n) is 2.30. The molecule has 5 nitrogen and oxygen atoms in total. The van der Waals surface area contributed by atoms with Gasteiger partial charge in [-0.1, -0.05) is 0 Å². The number of anilines is 1. The molecule has 6 heteroatoms. The van der Waals surface area contributed by atoms with Crippen molar-refractivity contribution in [1.82, 2.24) is 14.9 Å². The van der Waals surface area contributed by atoms with Gasteiger partial charge in [-0.25, -0.2) is 4.98 Å². The standard InChI is InChI=1S/C14H16N4OS/c1-11-2-3-12(20-11)14(19)18-8-6-17(7-9-18)13-10-15-4-5-16-13/h2-5,10H,6-9H2,1H3. The summed E-state index contributed by atoms with van der Waals surface area (Å²) in [5.74, 6) is 1.02. The highest BCUT2D eigenvalue weighted by Crippen LogP contribution is 2.19. The normalized spacial score (nSPS) is 15.4. The monoisotopic (exact) mass is 288 g/mol. The molecular weight excluding hydrogens is 272 g/mol. The summed E-state index contributed by atoms with van der Waals surface area (Å²) in [5.41, 5.74) is 0. The Balaban J connectivity index is 1.63. The van der Waals surface area contributed by atoms with Crippen molar-refractivity contribution in [2.24, 2.45) is 0 Å². The molecule has 0 atom stereocenters. The van der Waals surface area contributed by atoms with Gasteiger partial charge in [0.15, 0.2) is 0 Å². The second-order valence-electron chi connectivity index (χ2n) is 4.75. The van der Waals surface area contributed by atoms with Crippen molar-refractivity contribution in [3.8, 4) is 0 Å². The molecule has 2 aromatic heterocycles. The molecule has 1 fully saturated rings. The fraction of sp³-hybridized carbons (Fsp3) is 0.357. The predicted octanol–water partition coefficient (Wildman–Crippen LogP) is 1.81. The van der Waals surface area contributed by atoms with Crippen molar-refractivity contribution in [1.29, 1.82) is 0 Å². The second kappa shape index (κ2) is 5.58. The molecule has 104 valence electrons. The van der Waals surface area contributed by atoms with Crippen LogP contribution < -0.4 is 4.90 Å². The maximum absolute atomic E-state index is 12.3. The average Bonchev–Trinajstić information content (AvgIpc) is 2.94. The number of carbonyl (C=O) groups is 1. The number of thiophene rings is 1. The van der Waals surface area contributed by atoms with Gasteiger partial charge in [0.2, 0.25) is 0 Å². The Morgan fingerprint density at radius 3 is 2.60 bits per heavy atom. The molecule has 0 bridgehead atoms. The molecule has 2 aromatic rings. The number of hydrogen-bond donors (Lipinski definition) is 0. The van der Waals surface area contributed by atoms with Crippen LogP contribution in [0.25, 0.3) is 0 Å². The van der Waals surface area contributed by atoms with Gasteiger partial charge in [0, 0.05) is 43.4 Å². The summed E-state index contributed by atoms with van der Waals surface area (Å²) in [7, 11) is 0. The van der Waals surface area contributed by atoms with Gasteiger partial charge in [0.05, 0.1) is 11.1 Å². The van der Waals surface area contributed by atoms with Gasteiger partial charge < -0.3 is 9.80 Å². The van der Waals surface area contributed by atoms with Gasteiger partial charge in [-0.05, 0) is 19.1 Å². The van der Waals surface area contributed by atoms with Gasteiger partial charge in [0.1, 0.15) is 5.82 Å². The van der Waals surface area contributed by atoms with Gasteiger partial charge in [-0.15, -0.1) is 11.3 Å². The first-order chi connectivity index (χ1) is 9.74. The summed E-state index contributed by atoms with van der Waals surface area (Å²) in [5, 5.41) is 0. The predicted molar refractivity (Wildman–Crippen MR) is 79.2 cm³/mol. The van der Waals surface area contributed by atoms with E-state index in [1.54, 1.807) is 29.9 Å². The number of hydrogen-bond acceptors (Lipinski definition) is 5. The van der Waals surface area contributed by atoms with Crippen molar-refractivity contribution in [3.63, 3.8) is 0 Å². The van der Waals surface area contributed by atoms with Crippen LogP contribution in [0.1, 0.15) is 14.5 Å². The minimum Gasteiger partial charge on any atom is -0.352 e. The molecule has 0 saturated carbocycles. The molecule has 3 heterocycles. The molecule has 0 N–H and O–H groups in total. The third-order valence-electron chi connectivity index (χ3n) is 3.39. The topological polar surface area (TPSA) is 49.3 Å². The van der Waals surface area contributed by atoms with Gasteiger partial charge >= 0.3 is 0 Å². The Morgan fingerprint density at radius 1 is 1.20 bits per heavy atom. The second-order valence-corrected chi connectivity index (χ2v) is 6.04. The quantitative estimate of drug-likeness (QED) is 0.845. The van der Waals surface area contributed by atoms with E-state index in [2.05, 4.69) is 14.9 Å². The van der Waals surface area contributed by atoms with Crippen LogP contribution in [0.5, 0.6) is 0 Å². The number of aryl methyl sites for hydroxylation is 1. The highest BCUT2D eigenvalue weighted by Gasteiger charge is 2.23. The summed E-state index contributed by atoms with van der Waals surface area (Å²) in [4.78, 5) is 26.8. The first-order valence-electron chi connectivity index (χ1n) is 6.61. The summed E-state index contributed by atoms with van der Waals surface area (Å²) in [6.45, 7) is 5.08. The zero-order valence-corrected chi connectivity index (χ0v) is 12.1. The molecular formula is C14H16N4OS. The van der Waals surface area contributed by atoms with Gasteiger partial charge in [0.25, 0.3) is 5.91 Å². The first kappa shape index (κ1) is 13.1. The summed E-state index contributed by atoms with van der Waals surface area (Å²) in [6, 6.07) is 3.91. The number of aromatic nitrogens is 2. The minimum absolute atomic E-state index is 0.141. The van der Waals surface area contributed by atoms with E-state index >= 15 is 0 Å². The van der Waals surface area contributed by atoms with E-state index in [4.69, 9.17) is 0 Å². The van der Waals surface area contributed by atoms with Crippen LogP contribution >= 0.6 is 11.3 Å². The van der Waals surface area contributed by atoms with Gasteiger partial charge in [-0.3, -0.25) is 9.78 Å². The van der Waals surface area contributed by atoms with Crippen molar-refractivity contribution in [2.75, 3.05) is 31.1 Å². The molecule has 1 aliphatic rings. The molecule has 20 heavy (non-hydrogen) atoms. The van der Waals surface area contributed by atoms with Crippen molar-refractivity contribution < 1.29 is 4.79 Å². The fourth-order valence-corrected chi connectivity index (χ4v) is 3.13. The van der Waals surface area contributed by atoms with E-state index < -0.39 is 0 Å². The molecule has 0 spiro atoms. The third kappa shape index (κ3) is 2.65. The van der Waals surface area contributed by atoms with E-state index in [1.807, 2.05) is 24.0 Å². The zero-order valence-electron chi connectivity index (χ0n) is 11.3. The Labute approximate surface area is 121 Å². The highest BCUT2D eigenvalue weighted by atomic mass is 32.1. The number of nitrogens with zero attached hydrogens (tertiary/aromatic N) is 4. The third-order valence-corrected chi connectivity index (χ3v) is 4.38. The largest absolute Gasteiger partial charge is 0.352 e. The van der Waals surface area contributed by atoms with Crippen molar-refractivity contribution in [3.05, 3.63) is 40.5 Å². The average molecular weight is 288 g/mol. The molecule has 1 amide bonds. The summed E-state index contributed by atoms with van der Waals surface area (Å²) < 4.78 is 0. The lowest BCUT2D eigenvalue weighted by atomic mass is 10.3. The minimum atomic E-state index is 0.141. The Morgan fingerprint density at radius 2 is 2.00 bits per heavy atom. The van der Waals surface area contributed by atoms with Crippen LogP contribution in [0, 0.1) is 6.92 Å². The number of carbonyl (C=O) groups excluding carboxylic acids is 1. The van der Waals surface area contributed by atoms with E-state index in [9.17, 15) is 4.79 Å². The van der Waals surface area contributed by atoms with Gasteiger partial charge in [-0.2, -0.15) is 0 Å². The Kier molecular flexibility index (Phi) is 3.64. The van der Waals surface area contributed by atoms with E-state index in [0.29, 0.717) is 0 Å².